The molecule has 1 N–H and O–H groups in total. The predicted octanol–water partition coefficient (Wildman–Crippen LogP) is 2.34. The van der Waals surface area contributed by atoms with E-state index in [9.17, 15) is 4.79 Å². The van der Waals surface area contributed by atoms with Crippen molar-refractivity contribution >= 4 is 5.91 Å². The molecule has 1 aliphatic heterocycles. The summed E-state index contributed by atoms with van der Waals surface area (Å²) in [6.07, 6.45) is 3.85. The molecule has 0 saturated carbocycles. The van der Waals surface area contributed by atoms with Crippen molar-refractivity contribution in [2.45, 2.75) is 25.7 Å². The largest absolute Gasteiger partial charge is 0.356 e. The molecule has 1 aliphatic rings. The monoisotopic (exact) mass is 227 g/mol. The quantitative estimate of drug-likeness (QED) is 0.733. The van der Waals surface area contributed by atoms with Gasteiger partial charge in [0.2, 0.25) is 5.91 Å². The van der Waals surface area contributed by atoms with Crippen molar-refractivity contribution in [1.82, 2.24) is 5.32 Å². The summed E-state index contributed by atoms with van der Waals surface area (Å²) in [7, 11) is 0. The first-order valence-corrected chi connectivity index (χ1v) is 6.18. The summed E-state index contributed by atoms with van der Waals surface area (Å²) in [5, 5.41) is 2.94. The van der Waals surface area contributed by atoms with Crippen LogP contribution in [-0.4, -0.2) is 12.5 Å². The van der Waals surface area contributed by atoms with Gasteiger partial charge >= 0.3 is 0 Å². The van der Waals surface area contributed by atoms with Gasteiger partial charge in [-0.25, -0.2) is 0 Å². The van der Waals surface area contributed by atoms with Crippen LogP contribution in [0.3, 0.4) is 0 Å². The Morgan fingerprint density at radius 3 is 2.88 bits per heavy atom. The van der Waals surface area contributed by atoms with Gasteiger partial charge in [0.15, 0.2) is 0 Å². The van der Waals surface area contributed by atoms with Crippen molar-refractivity contribution in [2.24, 2.45) is 5.92 Å². The molecule has 0 bridgehead atoms. The van der Waals surface area contributed by atoms with Gasteiger partial charge in [0.1, 0.15) is 0 Å². The lowest BCUT2D eigenvalue weighted by Crippen LogP contribution is -2.28. The number of benzene rings is 1. The van der Waals surface area contributed by atoms with E-state index >= 15 is 0 Å². The molecule has 2 nitrogen and oxygen atoms in total. The van der Waals surface area contributed by atoms with Crippen LogP contribution >= 0.6 is 0 Å². The Labute approximate surface area is 102 Å². The van der Waals surface area contributed by atoms with E-state index in [0.29, 0.717) is 6.42 Å². The fourth-order valence-corrected chi connectivity index (χ4v) is 2.00. The summed E-state index contributed by atoms with van der Waals surface area (Å²) in [4.78, 5) is 11.7. The van der Waals surface area contributed by atoms with Crippen molar-refractivity contribution < 1.29 is 4.79 Å². The van der Waals surface area contributed by atoms with Gasteiger partial charge < -0.3 is 5.32 Å². The molecule has 2 rings (SSSR count). The maximum Gasteiger partial charge on any atom is 0.224 e. The smallest absolute Gasteiger partial charge is 0.224 e. The second kappa shape index (κ2) is 6.10. The molecule has 1 aromatic rings. The van der Waals surface area contributed by atoms with Gasteiger partial charge in [-0.3, -0.25) is 4.79 Å². The molecule has 1 saturated heterocycles. The third kappa shape index (κ3) is 3.64. The number of carbonyl (C=O) groups excluding carboxylic acids is 1. The summed E-state index contributed by atoms with van der Waals surface area (Å²) >= 11 is 0. The first kappa shape index (κ1) is 11.7. The number of hydrogen-bond acceptors (Lipinski definition) is 1. The summed E-state index contributed by atoms with van der Waals surface area (Å²) in [6.45, 7) is 0.821. The van der Waals surface area contributed by atoms with Crippen molar-refractivity contribution in [3.63, 3.8) is 0 Å². The Morgan fingerprint density at radius 2 is 2.06 bits per heavy atom. The van der Waals surface area contributed by atoms with Crippen LogP contribution in [0.2, 0.25) is 0 Å². The van der Waals surface area contributed by atoms with Crippen LogP contribution in [0.4, 0.5) is 0 Å². The molecule has 1 atom stereocenters. The lowest BCUT2D eigenvalue weighted by molar-refractivity contribution is -0.124. The van der Waals surface area contributed by atoms with Crippen molar-refractivity contribution in [3.05, 3.63) is 35.9 Å². The zero-order valence-corrected chi connectivity index (χ0v) is 9.91. The number of carbonyl (C=O) groups is 1. The Balaban J connectivity index is 1.93. The van der Waals surface area contributed by atoms with Crippen LogP contribution in [0.5, 0.6) is 0 Å². The Bertz CT molecular complexity index is 427. The summed E-state index contributed by atoms with van der Waals surface area (Å²) in [5.74, 6) is 6.47. The molecular weight excluding hydrogens is 210 g/mol. The molecule has 2 heteroatoms. The van der Waals surface area contributed by atoms with Gasteiger partial charge in [0, 0.05) is 24.4 Å². The van der Waals surface area contributed by atoms with E-state index in [2.05, 4.69) is 17.2 Å². The van der Waals surface area contributed by atoms with Crippen LogP contribution < -0.4 is 5.32 Å². The molecule has 0 aromatic heterocycles. The van der Waals surface area contributed by atoms with E-state index in [4.69, 9.17) is 0 Å². The van der Waals surface area contributed by atoms with E-state index < -0.39 is 0 Å². The Hall–Kier alpha value is -1.75. The molecule has 88 valence electrons. The van der Waals surface area contributed by atoms with Crippen LogP contribution in [0.25, 0.3) is 0 Å². The van der Waals surface area contributed by atoms with Gasteiger partial charge in [-0.2, -0.15) is 0 Å². The maximum absolute atomic E-state index is 11.7. The van der Waals surface area contributed by atoms with E-state index in [1.54, 1.807) is 0 Å². The second-order valence-electron chi connectivity index (χ2n) is 4.36. The minimum absolute atomic E-state index is 0.0775. The predicted molar refractivity (Wildman–Crippen MR) is 68.3 cm³/mol. The van der Waals surface area contributed by atoms with E-state index in [1.807, 2.05) is 30.3 Å². The van der Waals surface area contributed by atoms with Gasteiger partial charge in [-0.15, -0.1) is 0 Å². The Kier molecular flexibility index (Phi) is 4.21. The maximum atomic E-state index is 11.7. The van der Waals surface area contributed by atoms with Gasteiger partial charge in [-0.1, -0.05) is 36.5 Å². The standard InChI is InChI=1S/C15H17NO/c17-15-14(10-4-5-12-16-15)11-6-9-13-7-2-1-3-8-13/h1-3,7-8,14H,4-5,10-12H2,(H,16,17). The van der Waals surface area contributed by atoms with Crippen LogP contribution in [0.1, 0.15) is 31.2 Å². The Morgan fingerprint density at radius 1 is 1.24 bits per heavy atom. The number of nitrogens with one attached hydrogen (secondary N) is 1. The third-order valence-electron chi connectivity index (χ3n) is 3.00. The van der Waals surface area contributed by atoms with Crippen LogP contribution in [-0.2, 0) is 4.79 Å². The molecule has 1 aromatic carbocycles. The highest BCUT2D eigenvalue weighted by Crippen LogP contribution is 2.15. The number of rotatable bonds is 1. The van der Waals surface area contributed by atoms with Crippen molar-refractivity contribution in [3.8, 4) is 11.8 Å². The van der Waals surface area contributed by atoms with Gasteiger partial charge in [0.05, 0.1) is 0 Å². The molecule has 1 amide bonds. The van der Waals surface area contributed by atoms with Crippen LogP contribution in [0.15, 0.2) is 30.3 Å². The summed E-state index contributed by atoms with van der Waals surface area (Å²) < 4.78 is 0. The molecule has 0 radical (unpaired) electrons. The average molecular weight is 227 g/mol. The molecule has 17 heavy (non-hydrogen) atoms. The minimum Gasteiger partial charge on any atom is -0.356 e. The lowest BCUT2D eigenvalue weighted by Gasteiger charge is -2.08. The first-order chi connectivity index (χ1) is 8.36. The van der Waals surface area contributed by atoms with Crippen LogP contribution in [0, 0.1) is 17.8 Å². The fraction of sp³-hybridized carbons (Fsp3) is 0.400. The highest BCUT2D eigenvalue weighted by Gasteiger charge is 2.18. The zero-order chi connectivity index (χ0) is 11.9. The van der Waals surface area contributed by atoms with Crippen molar-refractivity contribution in [2.75, 3.05) is 6.54 Å². The first-order valence-electron chi connectivity index (χ1n) is 6.18. The minimum atomic E-state index is 0.0775. The SMILES string of the molecule is O=C1NCCCCC1CC#Cc1ccccc1. The highest BCUT2D eigenvalue weighted by molar-refractivity contribution is 5.79. The molecule has 1 fully saturated rings. The normalized spacial score (nSPS) is 19.8. The summed E-state index contributed by atoms with van der Waals surface area (Å²) in [5.41, 5.74) is 1.02. The fourth-order valence-electron chi connectivity index (χ4n) is 2.00. The molecule has 1 unspecified atom stereocenters. The van der Waals surface area contributed by atoms with E-state index in [0.717, 1.165) is 31.4 Å². The van der Waals surface area contributed by atoms with E-state index in [1.165, 1.54) is 0 Å². The average Bonchev–Trinajstić information content (AvgIpc) is 2.56. The molecule has 0 spiro atoms. The topological polar surface area (TPSA) is 29.1 Å². The van der Waals surface area contributed by atoms with E-state index in [-0.39, 0.29) is 11.8 Å². The number of amides is 1. The van der Waals surface area contributed by atoms with Gasteiger partial charge in [0.25, 0.3) is 0 Å². The zero-order valence-electron chi connectivity index (χ0n) is 9.91. The van der Waals surface area contributed by atoms with Crippen molar-refractivity contribution in [1.29, 1.82) is 0 Å². The highest BCUT2D eigenvalue weighted by atomic mass is 16.1. The third-order valence-corrected chi connectivity index (χ3v) is 3.00. The molecular formula is C15H17NO. The molecule has 0 aliphatic carbocycles. The number of hydrogen-bond donors (Lipinski definition) is 1. The summed E-state index contributed by atoms with van der Waals surface area (Å²) in [6, 6.07) is 9.90. The van der Waals surface area contributed by atoms with Gasteiger partial charge in [-0.05, 0) is 25.0 Å². The second-order valence-corrected chi connectivity index (χ2v) is 4.36. The molecule has 1 heterocycles. The lowest BCUT2D eigenvalue weighted by atomic mass is 9.99.